The molecule has 0 aromatic rings. The summed E-state index contributed by atoms with van der Waals surface area (Å²) in [5, 5.41) is 0. The van der Waals surface area contributed by atoms with Crippen molar-refractivity contribution >= 4 is 29.9 Å². The summed E-state index contributed by atoms with van der Waals surface area (Å²) in [4.78, 5) is 24.5. The molecular formula is C6H9ClN2O2. The molecule has 0 bridgehead atoms. The van der Waals surface area contributed by atoms with Crippen molar-refractivity contribution < 1.29 is 9.59 Å². The van der Waals surface area contributed by atoms with Gasteiger partial charge in [0.15, 0.2) is 0 Å². The average molecular weight is 177 g/mol. The Morgan fingerprint density at radius 3 is 2.55 bits per heavy atom. The predicted molar refractivity (Wildman–Crippen MR) is 42.6 cm³/mol. The van der Waals surface area contributed by atoms with Crippen LogP contribution in [0, 0.1) is 0 Å². The summed E-state index contributed by atoms with van der Waals surface area (Å²) < 4.78 is 0.437. The Hall–Kier alpha value is -0.900. The Kier molecular flexibility index (Phi) is 4.45. The molecule has 0 rings (SSSR count). The summed E-state index contributed by atoms with van der Waals surface area (Å²) in [7, 11) is 0. The molecular weight excluding hydrogens is 168 g/mol. The Morgan fingerprint density at radius 1 is 1.64 bits per heavy atom. The molecule has 0 fully saturated rings. The van der Waals surface area contributed by atoms with Gasteiger partial charge in [-0.2, -0.15) is 4.42 Å². The van der Waals surface area contributed by atoms with Gasteiger partial charge in [-0.3, -0.25) is 4.79 Å². The van der Waals surface area contributed by atoms with Crippen LogP contribution in [0.25, 0.3) is 0 Å². The zero-order valence-electron chi connectivity index (χ0n) is 6.37. The summed E-state index contributed by atoms with van der Waals surface area (Å²) in [6.45, 7) is 3.01. The lowest BCUT2D eigenvalue weighted by Gasteiger charge is -2.03. The minimum Gasteiger partial charge on any atom is -0.273 e. The van der Waals surface area contributed by atoms with E-state index in [9.17, 15) is 9.59 Å². The first kappa shape index (κ1) is 10.1. The molecule has 0 aliphatic carbocycles. The average Bonchev–Trinajstić information content (AvgIpc) is 1.98. The first-order chi connectivity index (χ1) is 5.09. The van der Waals surface area contributed by atoms with Gasteiger partial charge in [0, 0.05) is 24.9 Å². The van der Waals surface area contributed by atoms with Crippen molar-refractivity contribution in [2.24, 2.45) is 4.99 Å². The highest BCUT2D eigenvalue weighted by Gasteiger charge is 2.12. The second-order valence-electron chi connectivity index (χ2n) is 1.80. The minimum absolute atomic E-state index is 0.437. The van der Waals surface area contributed by atoms with E-state index in [-0.39, 0.29) is 0 Å². The van der Waals surface area contributed by atoms with Crippen molar-refractivity contribution in [1.29, 1.82) is 0 Å². The maximum absolute atomic E-state index is 10.7. The second kappa shape index (κ2) is 4.85. The van der Waals surface area contributed by atoms with E-state index in [1.807, 2.05) is 6.92 Å². The lowest BCUT2D eigenvalue weighted by molar-refractivity contribution is -0.122. The van der Waals surface area contributed by atoms with Crippen LogP contribution in [0.5, 0.6) is 0 Å². The number of rotatable bonds is 1. The number of carbonyl (C=O) groups is 2. The molecule has 0 radical (unpaired) electrons. The van der Waals surface area contributed by atoms with Crippen LogP contribution in [0.2, 0.25) is 0 Å². The lowest BCUT2D eigenvalue weighted by Crippen LogP contribution is -2.22. The summed E-state index contributed by atoms with van der Waals surface area (Å²) in [5.74, 6) is -0.537. The van der Waals surface area contributed by atoms with Crippen LogP contribution in [0.15, 0.2) is 4.99 Å². The fraction of sp³-hybridized carbons (Fsp3) is 0.500. The SMILES string of the molecule is CCC=NC(=O)N(Cl)C(C)=O. The van der Waals surface area contributed by atoms with Gasteiger partial charge < -0.3 is 0 Å². The van der Waals surface area contributed by atoms with Crippen molar-refractivity contribution in [2.75, 3.05) is 0 Å². The first-order valence-corrected chi connectivity index (χ1v) is 3.46. The zero-order valence-corrected chi connectivity index (χ0v) is 7.13. The topological polar surface area (TPSA) is 49.7 Å². The van der Waals surface area contributed by atoms with Crippen LogP contribution in [-0.2, 0) is 4.79 Å². The molecule has 0 saturated carbocycles. The van der Waals surface area contributed by atoms with Crippen molar-refractivity contribution in [3.05, 3.63) is 0 Å². The third-order valence-corrected chi connectivity index (χ3v) is 1.21. The van der Waals surface area contributed by atoms with Crippen molar-refractivity contribution in [3.8, 4) is 0 Å². The normalized spacial score (nSPS) is 10.1. The molecule has 0 atom stereocenters. The van der Waals surface area contributed by atoms with Crippen LogP contribution >= 0.6 is 11.8 Å². The third kappa shape index (κ3) is 3.72. The number of hydrogen-bond donors (Lipinski definition) is 0. The van der Waals surface area contributed by atoms with Crippen LogP contribution in [0.3, 0.4) is 0 Å². The highest BCUT2D eigenvalue weighted by molar-refractivity contribution is 6.29. The molecule has 4 nitrogen and oxygen atoms in total. The molecule has 0 aromatic heterocycles. The molecule has 5 heteroatoms. The maximum atomic E-state index is 10.7. The molecule has 0 spiro atoms. The van der Waals surface area contributed by atoms with Gasteiger partial charge in [-0.05, 0) is 6.42 Å². The fourth-order valence-electron chi connectivity index (χ4n) is 0.355. The number of carbonyl (C=O) groups excluding carboxylic acids is 2. The number of imide groups is 1. The van der Waals surface area contributed by atoms with Crippen molar-refractivity contribution in [3.63, 3.8) is 0 Å². The van der Waals surface area contributed by atoms with E-state index in [0.29, 0.717) is 10.8 Å². The molecule has 0 saturated heterocycles. The maximum Gasteiger partial charge on any atom is 0.364 e. The van der Waals surface area contributed by atoms with Crippen LogP contribution in [0.1, 0.15) is 20.3 Å². The van der Waals surface area contributed by atoms with Gasteiger partial charge >= 0.3 is 6.03 Å². The summed E-state index contributed by atoms with van der Waals surface area (Å²) in [6, 6.07) is -0.749. The van der Waals surface area contributed by atoms with Crippen LogP contribution in [0.4, 0.5) is 4.79 Å². The summed E-state index contributed by atoms with van der Waals surface area (Å²) in [5.41, 5.74) is 0. The second-order valence-corrected chi connectivity index (χ2v) is 2.14. The number of aliphatic imine (C=N–C) groups is 1. The molecule has 0 N–H and O–H groups in total. The quantitative estimate of drug-likeness (QED) is 0.450. The van der Waals surface area contributed by atoms with Crippen molar-refractivity contribution in [1.82, 2.24) is 4.42 Å². The van der Waals surface area contributed by atoms with Gasteiger partial charge in [0.2, 0.25) is 5.91 Å². The third-order valence-electron chi connectivity index (χ3n) is 0.829. The predicted octanol–water partition coefficient (Wildman–Crippen LogP) is 1.59. The molecule has 0 aliphatic heterocycles. The van der Waals surface area contributed by atoms with E-state index in [1.54, 1.807) is 0 Å². The Balaban J connectivity index is 4.03. The standard InChI is InChI=1S/C6H9ClN2O2/c1-3-4-8-6(11)9(7)5(2)10/h4H,3H2,1-2H3. The smallest absolute Gasteiger partial charge is 0.273 e. The molecule has 0 aromatic carbocycles. The zero-order chi connectivity index (χ0) is 8.85. The highest BCUT2D eigenvalue weighted by atomic mass is 35.5. The molecule has 0 aliphatic rings. The molecule has 11 heavy (non-hydrogen) atoms. The Bertz CT molecular complexity index is 191. The molecule has 3 amide bonds. The molecule has 0 heterocycles. The highest BCUT2D eigenvalue weighted by Crippen LogP contribution is 1.97. The van der Waals surface area contributed by atoms with Crippen molar-refractivity contribution in [2.45, 2.75) is 20.3 Å². The number of hydrogen-bond acceptors (Lipinski definition) is 2. The fourth-order valence-corrected chi connectivity index (χ4v) is 0.398. The van der Waals surface area contributed by atoms with Gasteiger partial charge in [-0.25, -0.2) is 9.79 Å². The van der Waals surface area contributed by atoms with E-state index in [2.05, 4.69) is 4.99 Å². The van der Waals surface area contributed by atoms with E-state index in [4.69, 9.17) is 11.8 Å². The summed E-state index contributed by atoms with van der Waals surface area (Å²) >= 11 is 5.22. The van der Waals surface area contributed by atoms with E-state index in [0.717, 1.165) is 0 Å². The minimum atomic E-state index is -0.749. The number of urea groups is 1. The largest absolute Gasteiger partial charge is 0.364 e. The lowest BCUT2D eigenvalue weighted by atomic mass is 10.5. The van der Waals surface area contributed by atoms with E-state index < -0.39 is 11.9 Å². The van der Waals surface area contributed by atoms with Gasteiger partial charge in [0.1, 0.15) is 0 Å². The van der Waals surface area contributed by atoms with Crippen LogP contribution < -0.4 is 0 Å². The van der Waals surface area contributed by atoms with E-state index in [1.165, 1.54) is 13.1 Å². The van der Waals surface area contributed by atoms with Crippen LogP contribution in [-0.4, -0.2) is 22.6 Å². The monoisotopic (exact) mass is 176 g/mol. The first-order valence-electron chi connectivity index (χ1n) is 3.12. The van der Waals surface area contributed by atoms with Gasteiger partial charge in [-0.1, -0.05) is 6.92 Å². The van der Waals surface area contributed by atoms with Gasteiger partial charge in [0.25, 0.3) is 0 Å². The van der Waals surface area contributed by atoms with E-state index >= 15 is 0 Å². The molecule has 0 unspecified atom stereocenters. The number of amides is 3. The Morgan fingerprint density at radius 2 is 2.18 bits per heavy atom. The Labute approximate surface area is 70.0 Å². The summed E-state index contributed by atoms with van der Waals surface area (Å²) in [6.07, 6.45) is 2.02. The molecule has 62 valence electrons. The van der Waals surface area contributed by atoms with Gasteiger partial charge in [0.05, 0.1) is 0 Å². The number of nitrogens with zero attached hydrogens (tertiary/aromatic N) is 2. The van der Waals surface area contributed by atoms with Gasteiger partial charge in [-0.15, -0.1) is 0 Å². The number of halogens is 1.